The summed E-state index contributed by atoms with van der Waals surface area (Å²) < 4.78 is 0. The zero-order chi connectivity index (χ0) is 11.4. The van der Waals surface area contributed by atoms with Crippen LogP contribution in [-0.2, 0) is 0 Å². The molecule has 2 atom stereocenters. The zero-order valence-corrected chi connectivity index (χ0v) is 10.4. The molecule has 1 heterocycles. The van der Waals surface area contributed by atoms with Crippen molar-refractivity contribution in [1.82, 2.24) is 10.3 Å². The Bertz CT molecular complexity index is 317. The minimum absolute atomic E-state index is 0.221. The molecular weight excluding hydrogens is 218 g/mol. The van der Waals surface area contributed by atoms with Crippen molar-refractivity contribution < 1.29 is 0 Å². The summed E-state index contributed by atoms with van der Waals surface area (Å²) >= 11 is 2.01. The van der Waals surface area contributed by atoms with E-state index >= 15 is 0 Å². The number of hydrogen-bond acceptors (Lipinski definition) is 4. The molecule has 0 amide bonds. The fourth-order valence-electron chi connectivity index (χ4n) is 2.15. The van der Waals surface area contributed by atoms with Gasteiger partial charge in [0.15, 0.2) is 0 Å². The van der Waals surface area contributed by atoms with Crippen LogP contribution in [-0.4, -0.2) is 36.0 Å². The molecule has 1 fully saturated rings. The number of nitrogens with one attached hydrogen (secondary N) is 1. The molecule has 16 heavy (non-hydrogen) atoms. The van der Waals surface area contributed by atoms with Gasteiger partial charge in [0.25, 0.3) is 0 Å². The van der Waals surface area contributed by atoms with Gasteiger partial charge in [-0.3, -0.25) is 16.2 Å². The largest absolute Gasteiger partial charge is 0.300 e. The maximum absolute atomic E-state index is 5.71. The predicted octanol–water partition coefficient (Wildman–Crippen LogP) is 1.24. The van der Waals surface area contributed by atoms with Crippen LogP contribution >= 0.6 is 11.8 Å². The van der Waals surface area contributed by atoms with E-state index < -0.39 is 0 Å². The van der Waals surface area contributed by atoms with Crippen molar-refractivity contribution in [3.63, 3.8) is 0 Å². The quantitative estimate of drug-likeness (QED) is 0.613. The summed E-state index contributed by atoms with van der Waals surface area (Å²) in [4.78, 5) is 2.40. The van der Waals surface area contributed by atoms with Gasteiger partial charge in [-0.25, -0.2) is 0 Å². The average molecular weight is 237 g/mol. The molecule has 1 aliphatic heterocycles. The highest BCUT2D eigenvalue weighted by molar-refractivity contribution is 7.99. The van der Waals surface area contributed by atoms with Crippen molar-refractivity contribution in [3.05, 3.63) is 35.9 Å². The van der Waals surface area contributed by atoms with Crippen molar-refractivity contribution in [2.45, 2.75) is 12.1 Å². The van der Waals surface area contributed by atoms with Gasteiger partial charge in [-0.2, -0.15) is 11.8 Å². The minimum atomic E-state index is 0.221. The first-order valence-corrected chi connectivity index (χ1v) is 6.77. The molecule has 1 aliphatic rings. The summed E-state index contributed by atoms with van der Waals surface area (Å²) in [7, 11) is 2.18. The molecule has 0 radical (unpaired) electrons. The van der Waals surface area contributed by atoms with Crippen molar-refractivity contribution in [3.8, 4) is 0 Å². The highest BCUT2D eigenvalue weighted by Gasteiger charge is 2.28. The van der Waals surface area contributed by atoms with Crippen LogP contribution in [0.5, 0.6) is 0 Å². The standard InChI is InChI=1S/C12H19N3S/c1-15-7-8-16-9-11(15)12(14-13)10-5-3-2-4-6-10/h2-6,11-12,14H,7-9,13H2,1H3. The number of likely N-dealkylation sites (N-methyl/N-ethyl adjacent to an activating group) is 1. The maximum atomic E-state index is 5.71. The van der Waals surface area contributed by atoms with Crippen LogP contribution in [0.2, 0.25) is 0 Å². The smallest absolute Gasteiger partial charge is 0.0623 e. The van der Waals surface area contributed by atoms with Gasteiger partial charge in [0.05, 0.1) is 6.04 Å². The van der Waals surface area contributed by atoms with Gasteiger partial charge in [0.1, 0.15) is 0 Å². The SMILES string of the molecule is CN1CCSCC1C(NN)c1ccccc1. The van der Waals surface area contributed by atoms with Crippen LogP contribution < -0.4 is 11.3 Å². The van der Waals surface area contributed by atoms with Gasteiger partial charge >= 0.3 is 0 Å². The van der Waals surface area contributed by atoms with E-state index in [1.165, 1.54) is 11.3 Å². The fraction of sp³-hybridized carbons (Fsp3) is 0.500. The molecule has 0 saturated carbocycles. The monoisotopic (exact) mass is 237 g/mol. The third-order valence-corrected chi connectivity index (χ3v) is 4.21. The number of rotatable bonds is 3. The highest BCUT2D eigenvalue weighted by Crippen LogP contribution is 2.25. The summed E-state index contributed by atoms with van der Waals surface area (Å²) in [6, 6.07) is 11.1. The second-order valence-electron chi connectivity index (χ2n) is 4.18. The third-order valence-electron chi connectivity index (χ3n) is 3.17. The second-order valence-corrected chi connectivity index (χ2v) is 5.33. The number of benzene rings is 1. The summed E-state index contributed by atoms with van der Waals surface area (Å²) in [6.45, 7) is 1.14. The Morgan fingerprint density at radius 2 is 2.19 bits per heavy atom. The van der Waals surface area contributed by atoms with Crippen molar-refractivity contribution in [2.24, 2.45) is 5.84 Å². The third kappa shape index (κ3) is 2.58. The van der Waals surface area contributed by atoms with Crippen LogP contribution in [0.1, 0.15) is 11.6 Å². The molecule has 2 unspecified atom stereocenters. The Labute approximate surface area is 101 Å². The van der Waals surface area contributed by atoms with E-state index in [2.05, 4.69) is 41.6 Å². The van der Waals surface area contributed by atoms with Gasteiger partial charge in [-0.05, 0) is 12.6 Å². The van der Waals surface area contributed by atoms with E-state index in [9.17, 15) is 0 Å². The molecule has 0 aromatic heterocycles. The summed E-state index contributed by atoms with van der Waals surface area (Å²) in [5, 5.41) is 0. The maximum Gasteiger partial charge on any atom is 0.0623 e. The number of thioether (sulfide) groups is 1. The van der Waals surface area contributed by atoms with Crippen LogP contribution in [0.15, 0.2) is 30.3 Å². The lowest BCUT2D eigenvalue weighted by atomic mass is 10.00. The average Bonchev–Trinajstić information content (AvgIpc) is 2.34. The lowest BCUT2D eigenvalue weighted by molar-refractivity contribution is 0.216. The predicted molar refractivity (Wildman–Crippen MR) is 70.2 cm³/mol. The van der Waals surface area contributed by atoms with E-state index in [1.807, 2.05) is 17.8 Å². The fourth-order valence-corrected chi connectivity index (χ4v) is 3.42. The molecule has 3 N–H and O–H groups in total. The number of nitrogens with two attached hydrogens (primary N) is 1. The normalized spacial score (nSPS) is 24.2. The number of hydrogen-bond donors (Lipinski definition) is 2. The highest BCUT2D eigenvalue weighted by atomic mass is 32.2. The van der Waals surface area contributed by atoms with Crippen LogP contribution in [0.25, 0.3) is 0 Å². The van der Waals surface area contributed by atoms with E-state index in [4.69, 9.17) is 5.84 Å². The van der Waals surface area contributed by atoms with Gasteiger partial charge < -0.3 is 0 Å². The first-order valence-electron chi connectivity index (χ1n) is 5.62. The summed E-state index contributed by atoms with van der Waals surface area (Å²) in [5.41, 5.74) is 4.23. The molecule has 1 aromatic rings. The van der Waals surface area contributed by atoms with Gasteiger partial charge in [0, 0.05) is 24.1 Å². The number of hydrazine groups is 1. The van der Waals surface area contributed by atoms with E-state index in [0.717, 1.165) is 12.3 Å². The second kappa shape index (κ2) is 5.68. The van der Waals surface area contributed by atoms with Crippen molar-refractivity contribution in [2.75, 3.05) is 25.1 Å². The van der Waals surface area contributed by atoms with Gasteiger partial charge in [-0.1, -0.05) is 30.3 Å². The van der Waals surface area contributed by atoms with Crippen molar-refractivity contribution in [1.29, 1.82) is 0 Å². The molecule has 4 heteroatoms. The molecule has 1 saturated heterocycles. The molecular formula is C12H19N3S. The first-order chi connectivity index (χ1) is 7.83. The van der Waals surface area contributed by atoms with Crippen LogP contribution in [0.4, 0.5) is 0 Å². The van der Waals surface area contributed by atoms with Crippen LogP contribution in [0, 0.1) is 0 Å². The zero-order valence-electron chi connectivity index (χ0n) is 9.60. The Hall–Kier alpha value is -0.550. The molecule has 0 spiro atoms. The Kier molecular flexibility index (Phi) is 4.23. The lowest BCUT2D eigenvalue weighted by Crippen LogP contribution is -2.49. The van der Waals surface area contributed by atoms with Gasteiger partial charge in [-0.15, -0.1) is 0 Å². The minimum Gasteiger partial charge on any atom is -0.300 e. The van der Waals surface area contributed by atoms with Crippen LogP contribution in [0.3, 0.4) is 0 Å². The number of nitrogens with zero attached hydrogens (tertiary/aromatic N) is 1. The van der Waals surface area contributed by atoms with E-state index in [0.29, 0.717) is 6.04 Å². The molecule has 0 aliphatic carbocycles. The Morgan fingerprint density at radius 1 is 1.44 bits per heavy atom. The molecule has 2 rings (SSSR count). The Balaban J connectivity index is 2.15. The molecule has 1 aromatic carbocycles. The van der Waals surface area contributed by atoms with Gasteiger partial charge in [0.2, 0.25) is 0 Å². The first kappa shape index (κ1) is 11.9. The molecule has 88 valence electrons. The lowest BCUT2D eigenvalue weighted by Gasteiger charge is -2.37. The molecule has 3 nitrogen and oxygen atoms in total. The summed E-state index contributed by atoms with van der Waals surface area (Å²) in [5.74, 6) is 8.07. The Morgan fingerprint density at radius 3 is 2.81 bits per heavy atom. The topological polar surface area (TPSA) is 41.3 Å². The van der Waals surface area contributed by atoms with E-state index in [1.54, 1.807) is 0 Å². The summed E-state index contributed by atoms with van der Waals surface area (Å²) in [6.07, 6.45) is 0. The molecule has 0 bridgehead atoms. The van der Waals surface area contributed by atoms with E-state index in [-0.39, 0.29) is 6.04 Å². The van der Waals surface area contributed by atoms with Crippen molar-refractivity contribution >= 4 is 11.8 Å².